The van der Waals surface area contributed by atoms with Gasteiger partial charge in [0.05, 0.1) is 27.8 Å². The topological polar surface area (TPSA) is 84.5 Å². The minimum Gasteiger partial charge on any atom is -0.456 e. The van der Waals surface area contributed by atoms with Gasteiger partial charge in [0.1, 0.15) is 0 Å². The van der Waals surface area contributed by atoms with Crippen LogP contribution in [0.5, 0.6) is 0 Å². The molecule has 2 rings (SSSR count). The highest BCUT2D eigenvalue weighted by Gasteiger charge is 2.12. The Kier molecular flexibility index (Phi) is 8.09. The van der Waals surface area contributed by atoms with Gasteiger partial charge in [-0.1, -0.05) is 51.3 Å². The Labute approximate surface area is 174 Å². The number of para-hydroxylation sites is 1. The van der Waals surface area contributed by atoms with Crippen LogP contribution in [-0.2, 0) is 19.1 Å². The first-order valence-corrected chi connectivity index (χ1v) is 9.35. The second kappa shape index (κ2) is 10.3. The van der Waals surface area contributed by atoms with Gasteiger partial charge < -0.3 is 15.4 Å². The summed E-state index contributed by atoms with van der Waals surface area (Å²) in [7, 11) is 0. The minimum atomic E-state index is -0.665. The molecule has 0 saturated carbocycles. The smallest absolute Gasteiger partial charge is 0.306 e. The molecule has 0 bridgehead atoms. The Hall–Kier alpha value is -2.09. The third kappa shape index (κ3) is 7.21. The third-order valence-electron chi connectivity index (χ3n) is 3.27. The molecule has 142 valence electrons. The molecule has 0 unspecified atom stereocenters. The molecule has 0 aliphatic carbocycles. The highest BCUT2D eigenvalue weighted by atomic mass is 79.9. The average Bonchev–Trinajstić information content (AvgIpc) is 2.62. The maximum absolute atomic E-state index is 11.8. The van der Waals surface area contributed by atoms with Crippen LogP contribution in [0.1, 0.15) is 12.8 Å². The quantitative estimate of drug-likeness (QED) is 0.573. The zero-order chi connectivity index (χ0) is 19.8. The van der Waals surface area contributed by atoms with Gasteiger partial charge in [-0.15, -0.1) is 0 Å². The van der Waals surface area contributed by atoms with Gasteiger partial charge >= 0.3 is 5.97 Å². The van der Waals surface area contributed by atoms with Crippen LogP contribution in [0, 0.1) is 0 Å². The molecule has 0 heterocycles. The fourth-order valence-electron chi connectivity index (χ4n) is 1.99. The van der Waals surface area contributed by atoms with Crippen molar-refractivity contribution in [2.24, 2.45) is 0 Å². The lowest BCUT2D eigenvalue weighted by atomic mass is 10.2. The highest BCUT2D eigenvalue weighted by molar-refractivity contribution is 9.10. The fraction of sp³-hybridized carbons (Fsp3) is 0.167. The summed E-state index contributed by atoms with van der Waals surface area (Å²) in [6.07, 6.45) is -0.257. The molecule has 0 aliphatic rings. The predicted molar refractivity (Wildman–Crippen MR) is 108 cm³/mol. The SMILES string of the molecule is O=C(CCC(=O)OCC(=O)Nc1ccc(Br)cc1Cl)Nc1ccccc1Cl. The third-order valence-corrected chi connectivity index (χ3v) is 4.41. The van der Waals surface area contributed by atoms with Gasteiger partial charge in [0, 0.05) is 10.9 Å². The van der Waals surface area contributed by atoms with Gasteiger partial charge in [0.2, 0.25) is 5.91 Å². The van der Waals surface area contributed by atoms with Crippen molar-refractivity contribution in [3.63, 3.8) is 0 Å². The summed E-state index contributed by atoms with van der Waals surface area (Å²) < 4.78 is 5.62. The summed E-state index contributed by atoms with van der Waals surface area (Å²) in [5, 5.41) is 5.88. The second-order valence-electron chi connectivity index (χ2n) is 5.36. The maximum Gasteiger partial charge on any atom is 0.306 e. The lowest BCUT2D eigenvalue weighted by molar-refractivity contribution is -0.147. The number of amides is 2. The van der Waals surface area contributed by atoms with Crippen LogP contribution in [0.2, 0.25) is 10.0 Å². The van der Waals surface area contributed by atoms with Crippen LogP contribution in [-0.4, -0.2) is 24.4 Å². The van der Waals surface area contributed by atoms with E-state index in [0.29, 0.717) is 21.4 Å². The molecule has 6 nitrogen and oxygen atoms in total. The summed E-state index contributed by atoms with van der Waals surface area (Å²) >= 11 is 15.2. The van der Waals surface area contributed by atoms with Crippen LogP contribution in [0.3, 0.4) is 0 Å². The van der Waals surface area contributed by atoms with E-state index in [-0.39, 0.29) is 18.7 Å². The Bertz CT molecular complexity index is 861. The number of benzene rings is 2. The Morgan fingerprint density at radius 2 is 1.56 bits per heavy atom. The molecule has 0 aliphatic heterocycles. The van der Waals surface area contributed by atoms with Crippen molar-refractivity contribution in [1.29, 1.82) is 0 Å². The summed E-state index contributed by atoms with van der Waals surface area (Å²) in [6.45, 7) is -0.475. The van der Waals surface area contributed by atoms with Gasteiger partial charge in [-0.05, 0) is 30.3 Å². The van der Waals surface area contributed by atoms with Crippen LogP contribution in [0.4, 0.5) is 11.4 Å². The van der Waals surface area contributed by atoms with E-state index < -0.39 is 18.5 Å². The molecule has 2 N–H and O–H groups in total. The monoisotopic (exact) mass is 472 g/mol. The number of nitrogens with one attached hydrogen (secondary N) is 2. The summed E-state index contributed by atoms with van der Waals surface area (Å²) in [5.41, 5.74) is 0.864. The van der Waals surface area contributed by atoms with E-state index in [2.05, 4.69) is 26.6 Å². The first-order valence-electron chi connectivity index (χ1n) is 7.80. The number of rotatable bonds is 7. The van der Waals surface area contributed by atoms with Gasteiger partial charge in [0.25, 0.3) is 5.91 Å². The molecule has 27 heavy (non-hydrogen) atoms. The first kappa shape index (κ1) is 21.2. The molecule has 2 amide bonds. The van der Waals surface area contributed by atoms with E-state index in [1.807, 2.05) is 0 Å². The lowest BCUT2D eigenvalue weighted by Gasteiger charge is -2.09. The number of esters is 1. The normalized spacial score (nSPS) is 10.2. The molecule has 0 atom stereocenters. The van der Waals surface area contributed by atoms with E-state index >= 15 is 0 Å². The number of carbonyl (C=O) groups is 3. The Morgan fingerprint density at radius 3 is 2.26 bits per heavy atom. The number of anilines is 2. The minimum absolute atomic E-state index is 0.0930. The number of hydrogen-bond acceptors (Lipinski definition) is 4. The molecule has 0 spiro atoms. The van der Waals surface area contributed by atoms with Crippen molar-refractivity contribution >= 4 is 68.3 Å². The van der Waals surface area contributed by atoms with E-state index in [1.54, 1.807) is 42.5 Å². The van der Waals surface area contributed by atoms with E-state index in [4.69, 9.17) is 27.9 Å². The fourth-order valence-corrected chi connectivity index (χ4v) is 2.89. The van der Waals surface area contributed by atoms with Crippen LogP contribution in [0.15, 0.2) is 46.9 Å². The second-order valence-corrected chi connectivity index (χ2v) is 7.09. The van der Waals surface area contributed by atoms with Crippen molar-refractivity contribution in [3.05, 3.63) is 57.0 Å². The molecule has 9 heteroatoms. The van der Waals surface area contributed by atoms with Gasteiger partial charge in [-0.3, -0.25) is 14.4 Å². The summed E-state index contributed by atoms with van der Waals surface area (Å²) in [4.78, 5) is 35.4. The molecular weight excluding hydrogens is 459 g/mol. The van der Waals surface area contributed by atoms with Crippen LogP contribution < -0.4 is 10.6 Å². The van der Waals surface area contributed by atoms with Crippen molar-refractivity contribution in [3.8, 4) is 0 Å². The molecule has 2 aromatic carbocycles. The standard InChI is InChI=1S/C18H15BrCl2N2O4/c19-11-5-6-15(13(21)9-11)23-17(25)10-27-18(26)8-7-16(24)22-14-4-2-1-3-12(14)20/h1-6,9H,7-8,10H2,(H,22,24)(H,23,25). The molecule has 0 saturated heterocycles. The number of carbonyl (C=O) groups excluding carboxylic acids is 3. The number of ether oxygens (including phenoxy) is 1. The van der Waals surface area contributed by atoms with Crippen LogP contribution >= 0.6 is 39.1 Å². The van der Waals surface area contributed by atoms with E-state index in [1.165, 1.54) is 0 Å². The molecule has 0 fully saturated rings. The zero-order valence-electron chi connectivity index (χ0n) is 13.9. The van der Waals surface area contributed by atoms with Crippen LogP contribution in [0.25, 0.3) is 0 Å². The Balaban J connectivity index is 1.71. The summed E-state index contributed by atoms with van der Waals surface area (Å²) in [5.74, 6) is -1.58. The maximum atomic E-state index is 11.8. The first-order chi connectivity index (χ1) is 12.8. The van der Waals surface area contributed by atoms with Gasteiger partial charge in [0.15, 0.2) is 6.61 Å². The lowest BCUT2D eigenvalue weighted by Crippen LogP contribution is -2.22. The number of hydrogen-bond donors (Lipinski definition) is 2. The number of halogens is 3. The Morgan fingerprint density at radius 1 is 0.889 bits per heavy atom. The molecule has 0 radical (unpaired) electrons. The van der Waals surface area contributed by atoms with Crippen molar-refractivity contribution in [2.45, 2.75) is 12.8 Å². The largest absolute Gasteiger partial charge is 0.456 e. The molecular formula is C18H15BrCl2N2O4. The van der Waals surface area contributed by atoms with Crippen molar-refractivity contribution in [1.82, 2.24) is 0 Å². The van der Waals surface area contributed by atoms with Gasteiger partial charge in [-0.25, -0.2) is 0 Å². The van der Waals surface area contributed by atoms with Crippen molar-refractivity contribution in [2.75, 3.05) is 17.2 Å². The zero-order valence-corrected chi connectivity index (χ0v) is 17.0. The highest BCUT2D eigenvalue weighted by Crippen LogP contribution is 2.25. The van der Waals surface area contributed by atoms with E-state index in [9.17, 15) is 14.4 Å². The summed E-state index contributed by atoms with van der Waals surface area (Å²) in [6, 6.07) is 11.7. The molecule has 2 aromatic rings. The molecule has 0 aromatic heterocycles. The average molecular weight is 474 g/mol. The van der Waals surface area contributed by atoms with Gasteiger partial charge in [-0.2, -0.15) is 0 Å². The van der Waals surface area contributed by atoms with E-state index in [0.717, 1.165) is 4.47 Å². The predicted octanol–water partition coefficient (Wildman–Crippen LogP) is 4.66. The van der Waals surface area contributed by atoms with Crippen molar-refractivity contribution < 1.29 is 19.1 Å².